The molecule has 0 aromatic carbocycles. The van der Waals surface area contributed by atoms with E-state index in [1.807, 2.05) is 27.7 Å². The number of hydrogen-bond acceptors (Lipinski definition) is 5. The molecule has 9 heteroatoms. The average molecular weight is 511 g/mol. The summed E-state index contributed by atoms with van der Waals surface area (Å²) < 4.78 is 5.34. The first-order chi connectivity index (χ1) is 12.1. The average Bonchev–Trinajstić information content (AvgIpc) is 2.92. The summed E-state index contributed by atoms with van der Waals surface area (Å²) in [4.78, 5) is 20.7. The first kappa shape index (κ1) is 25.9. The minimum Gasteiger partial charge on any atom is -0.444 e. The van der Waals surface area contributed by atoms with Gasteiger partial charge in [-0.2, -0.15) is 0 Å². The highest BCUT2D eigenvalue weighted by Crippen LogP contribution is 2.09. The number of aromatic nitrogens is 1. The molecule has 0 spiro atoms. The van der Waals surface area contributed by atoms with Crippen molar-refractivity contribution in [2.24, 2.45) is 10.9 Å². The lowest BCUT2D eigenvalue weighted by Crippen LogP contribution is -2.50. The molecule has 0 aliphatic heterocycles. The molecule has 27 heavy (non-hydrogen) atoms. The molecule has 1 heterocycles. The highest BCUT2D eigenvalue weighted by molar-refractivity contribution is 14.0. The summed E-state index contributed by atoms with van der Waals surface area (Å²) in [6.45, 7) is 13.0. The Morgan fingerprint density at radius 3 is 2.48 bits per heavy atom. The summed E-state index contributed by atoms with van der Waals surface area (Å²) in [7, 11) is 1.73. The Morgan fingerprint density at radius 1 is 1.33 bits per heavy atom. The molecule has 0 aliphatic rings. The van der Waals surface area contributed by atoms with Crippen molar-refractivity contribution in [2.75, 3.05) is 20.1 Å². The highest BCUT2D eigenvalue weighted by atomic mass is 127. The van der Waals surface area contributed by atoms with Gasteiger partial charge in [-0.25, -0.2) is 9.78 Å². The number of guanidine groups is 1. The van der Waals surface area contributed by atoms with Crippen LogP contribution in [-0.2, 0) is 11.2 Å². The van der Waals surface area contributed by atoms with Crippen molar-refractivity contribution in [2.45, 2.75) is 59.6 Å². The number of rotatable bonds is 7. The number of amides is 1. The maximum Gasteiger partial charge on any atom is 0.407 e. The standard InChI is InChI=1S/C18H33N5O2S.HI/c1-12(2)15(23-17(24)25-18(4,5)6)10-21-16(19-7)20-9-8-14-11-26-13(3)22-14;/h11-12,15H,8-10H2,1-7H3,(H,23,24)(H2,19,20,21);1H. The van der Waals surface area contributed by atoms with Crippen LogP contribution < -0.4 is 16.0 Å². The lowest BCUT2D eigenvalue weighted by Gasteiger charge is -2.26. The SMILES string of the molecule is CN=C(NCCc1csc(C)n1)NCC(NC(=O)OC(C)(C)C)C(C)C.I. The van der Waals surface area contributed by atoms with E-state index in [0.29, 0.717) is 12.5 Å². The minimum atomic E-state index is -0.509. The molecule has 0 bridgehead atoms. The highest BCUT2D eigenvalue weighted by Gasteiger charge is 2.21. The maximum atomic E-state index is 12.0. The summed E-state index contributed by atoms with van der Waals surface area (Å²) in [5.41, 5.74) is 0.576. The zero-order chi connectivity index (χ0) is 19.7. The Balaban J connectivity index is 0.00000676. The van der Waals surface area contributed by atoms with Crippen LogP contribution in [0.5, 0.6) is 0 Å². The number of nitrogens with zero attached hydrogens (tertiary/aromatic N) is 2. The molecule has 7 nitrogen and oxygen atoms in total. The summed E-state index contributed by atoms with van der Waals surface area (Å²) in [6.07, 6.45) is 0.439. The van der Waals surface area contributed by atoms with E-state index in [0.717, 1.165) is 23.7 Å². The molecule has 1 amide bonds. The number of halogens is 1. The van der Waals surface area contributed by atoms with Gasteiger partial charge in [0.2, 0.25) is 0 Å². The largest absolute Gasteiger partial charge is 0.444 e. The number of alkyl carbamates (subject to hydrolysis) is 1. The molecular formula is C18H34IN5O2S. The van der Waals surface area contributed by atoms with Gasteiger partial charge in [-0.3, -0.25) is 4.99 Å². The molecule has 1 rings (SSSR count). The summed E-state index contributed by atoms with van der Waals surface area (Å²) >= 11 is 1.66. The monoisotopic (exact) mass is 511 g/mol. The number of carbonyl (C=O) groups is 1. The second kappa shape index (κ2) is 12.4. The molecule has 1 unspecified atom stereocenters. The Hall–Kier alpha value is -1.10. The molecule has 0 saturated heterocycles. The van der Waals surface area contributed by atoms with Crippen LogP contribution in [0.1, 0.15) is 45.3 Å². The van der Waals surface area contributed by atoms with Crippen molar-refractivity contribution >= 4 is 47.4 Å². The third kappa shape index (κ3) is 11.4. The van der Waals surface area contributed by atoms with Crippen molar-refractivity contribution in [3.8, 4) is 0 Å². The van der Waals surface area contributed by atoms with Crippen molar-refractivity contribution in [1.29, 1.82) is 0 Å². The molecule has 1 aromatic heterocycles. The number of nitrogens with one attached hydrogen (secondary N) is 3. The molecule has 0 aliphatic carbocycles. The Kier molecular flexibility index (Phi) is 11.9. The molecule has 0 saturated carbocycles. The number of ether oxygens (including phenoxy) is 1. The van der Waals surface area contributed by atoms with E-state index in [1.54, 1.807) is 18.4 Å². The zero-order valence-corrected chi connectivity index (χ0v) is 20.5. The molecule has 3 N–H and O–H groups in total. The second-order valence-corrected chi connectivity index (χ2v) is 8.55. The van der Waals surface area contributed by atoms with Crippen LogP contribution in [0.2, 0.25) is 0 Å². The summed E-state index contributed by atoms with van der Waals surface area (Å²) in [6, 6.07) is -0.0652. The minimum absolute atomic E-state index is 0. The van der Waals surface area contributed by atoms with Gasteiger partial charge in [0.25, 0.3) is 0 Å². The molecular weight excluding hydrogens is 477 g/mol. The third-order valence-corrected chi connectivity index (χ3v) is 4.38. The van der Waals surface area contributed by atoms with Gasteiger partial charge in [-0.1, -0.05) is 13.8 Å². The predicted molar refractivity (Wildman–Crippen MR) is 123 cm³/mol. The number of carbonyl (C=O) groups excluding carboxylic acids is 1. The fraction of sp³-hybridized carbons (Fsp3) is 0.722. The van der Waals surface area contributed by atoms with Crippen LogP contribution in [0.4, 0.5) is 4.79 Å². The van der Waals surface area contributed by atoms with Gasteiger partial charge in [0.1, 0.15) is 5.60 Å². The molecule has 0 fully saturated rings. The smallest absolute Gasteiger partial charge is 0.407 e. The van der Waals surface area contributed by atoms with Crippen LogP contribution in [0.3, 0.4) is 0 Å². The van der Waals surface area contributed by atoms with Crippen LogP contribution in [0.15, 0.2) is 10.4 Å². The zero-order valence-electron chi connectivity index (χ0n) is 17.4. The van der Waals surface area contributed by atoms with E-state index in [9.17, 15) is 4.79 Å². The summed E-state index contributed by atoms with van der Waals surface area (Å²) in [5.74, 6) is 0.958. The van der Waals surface area contributed by atoms with E-state index in [1.165, 1.54) is 0 Å². The van der Waals surface area contributed by atoms with Gasteiger partial charge >= 0.3 is 6.09 Å². The first-order valence-electron chi connectivity index (χ1n) is 8.95. The van der Waals surface area contributed by atoms with Crippen molar-refractivity contribution in [3.05, 3.63) is 16.1 Å². The van der Waals surface area contributed by atoms with Gasteiger partial charge in [-0.15, -0.1) is 35.3 Å². The topological polar surface area (TPSA) is 87.6 Å². The molecule has 1 aromatic rings. The van der Waals surface area contributed by atoms with Crippen LogP contribution in [-0.4, -0.2) is 48.8 Å². The van der Waals surface area contributed by atoms with Crippen molar-refractivity contribution in [3.63, 3.8) is 0 Å². The van der Waals surface area contributed by atoms with Crippen LogP contribution in [0, 0.1) is 12.8 Å². The van der Waals surface area contributed by atoms with E-state index >= 15 is 0 Å². The Labute approximate surface area is 184 Å². The Bertz CT molecular complexity index is 599. The number of aliphatic imine (C=N–C) groups is 1. The maximum absolute atomic E-state index is 12.0. The van der Waals surface area contributed by atoms with Crippen LogP contribution >= 0.6 is 35.3 Å². The Morgan fingerprint density at radius 2 is 2.00 bits per heavy atom. The normalized spacial score (nSPS) is 13.0. The van der Waals surface area contributed by atoms with Gasteiger partial charge in [0.15, 0.2) is 5.96 Å². The lowest BCUT2D eigenvalue weighted by atomic mass is 10.0. The number of hydrogen-bond donors (Lipinski definition) is 3. The fourth-order valence-corrected chi connectivity index (χ4v) is 2.82. The first-order valence-corrected chi connectivity index (χ1v) is 9.83. The number of aryl methyl sites for hydroxylation is 1. The van der Waals surface area contributed by atoms with Gasteiger partial charge in [-0.05, 0) is 33.6 Å². The second-order valence-electron chi connectivity index (χ2n) is 7.48. The molecule has 1 atom stereocenters. The van der Waals surface area contributed by atoms with Gasteiger partial charge in [0, 0.05) is 31.9 Å². The van der Waals surface area contributed by atoms with Gasteiger partial charge in [0.05, 0.1) is 16.7 Å². The van der Waals surface area contributed by atoms with Gasteiger partial charge < -0.3 is 20.7 Å². The van der Waals surface area contributed by atoms with Crippen LogP contribution in [0.25, 0.3) is 0 Å². The quantitative estimate of drug-likeness (QED) is 0.297. The number of thiazole rings is 1. The van der Waals surface area contributed by atoms with E-state index in [-0.39, 0.29) is 35.9 Å². The fourth-order valence-electron chi connectivity index (χ4n) is 2.17. The van der Waals surface area contributed by atoms with Crippen molar-refractivity contribution < 1.29 is 9.53 Å². The summed E-state index contributed by atoms with van der Waals surface area (Å²) in [5, 5.41) is 12.6. The third-order valence-electron chi connectivity index (χ3n) is 3.56. The van der Waals surface area contributed by atoms with E-state index in [2.05, 4.69) is 45.2 Å². The predicted octanol–water partition coefficient (Wildman–Crippen LogP) is 3.33. The molecule has 156 valence electrons. The lowest BCUT2D eigenvalue weighted by molar-refractivity contribution is 0.0491. The van der Waals surface area contributed by atoms with E-state index < -0.39 is 11.7 Å². The molecule has 0 radical (unpaired) electrons. The van der Waals surface area contributed by atoms with Crippen molar-refractivity contribution in [1.82, 2.24) is 20.9 Å². The van der Waals surface area contributed by atoms with E-state index in [4.69, 9.17) is 4.74 Å².